The molecular weight excluding hydrogens is 444 g/mol. The van der Waals surface area contributed by atoms with Crippen LogP contribution in [0.15, 0.2) is 82.0 Å². The Bertz CT molecular complexity index is 1340. The molecule has 0 aliphatic heterocycles. The topological polar surface area (TPSA) is 81.7 Å². The molecule has 0 bridgehead atoms. The molecule has 0 amide bonds. The molecule has 34 heavy (non-hydrogen) atoms. The Morgan fingerprint density at radius 1 is 0.941 bits per heavy atom. The van der Waals surface area contributed by atoms with E-state index < -0.39 is 30.0 Å². The predicted molar refractivity (Wildman–Crippen MR) is 122 cm³/mol. The molecule has 6 nitrogen and oxygen atoms in total. The first kappa shape index (κ1) is 23.0. The van der Waals surface area contributed by atoms with Gasteiger partial charge in [0.15, 0.2) is 12.4 Å². The summed E-state index contributed by atoms with van der Waals surface area (Å²) >= 11 is 0. The smallest absolute Gasteiger partial charge is 0.419 e. The van der Waals surface area contributed by atoms with Crippen molar-refractivity contribution in [1.82, 2.24) is 4.57 Å². The van der Waals surface area contributed by atoms with Crippen molar-refractivity contribution in [2.45, 2.75) is 19.4 Å². The van der Waals surface area contributed by atoms with Gasteiger partial charge in [0.1, 0.15) is 17.4 Å². The van der Waals surface area contributed by atoms with Gasteiger partial charge in [0.25, 0.3) is 0 Å². The molecule has 0 saturated heterocycles. The van der Waals surface area contributed by atoms with Crippen LogP contribution in [0.25, 0.3) is 22.6 Å². The molecule has 0 radical (unpaired) electrons. The first-order valence-corrected chi connectivity index (χ1v) is 10.6. The van der Waals surface area contributed by atoms with Crippen molar-refractivity contribution in [3.8, 4) is 28.3 Å². The van der Waals surface area contributed by atoms with E-state index in [1.54, 1.807) is 30.3 Å². The van der Waals surface area contributed by atoms with Crippen molar-refractivity contribution in [3.63, 3.8) is 0 Å². The molecule has 174 valence electrons. The second-order valence-corrected chi connectivity index (χ2v) is 7.64. The summed E-state index contributed by atoms with van der Waals surface area (Å²) in [5.41, 5.74) is 2.52. The van der Waals surface area contributed by atoms with Crippen molar-refractivity contribution >= 4 is 5.97 Å². The van der Waals surface area contributed by atoms with E-state index in [1.807, 2.05) is 6.07 Å². The molecule has 0 atom stereocenters. The van der Waals surface area contributed by atoms with Crippen LogP contribution in [0.4, 0.5) is 8.78 Å². The highest BCUT2D eigenvalue weighted by atomic mass is 19.1. The highest BCUT2D eigenvalue weighted by Crippen LogP contribution is 2.32. The number of rotatable bonds is 9. The number of aromatic nitrogens is 1. The van der Waals surface area contributed by atoms with Gasteiger partial charge in [0.05, 0.1) is 5.69 Å². The molecule has 1 N–H and O–H groups in total. The van der Waals surface area contributed by atoms with Crippen LogP contribution in [0.3, 0.4) is 0 Å². The van der Waals surface area contributed by atoms with Crippen molar-refractivity contribution < 1.29 is 27.8 Å². The third-order valence-electron chi connectivity index (χ3n) is 5.23. The minimum atomic E-state index is -1.06. The van der Waals surface area contributed by atoms with Crippen LogP contribution in [-0.2, 0) is 17.8 Å². The molecule has 4 rings (SSSR count). The highest BCUT2D eigenvalue weighted by molar-refractivity contribution is 5.77. The maximum absolute atomic E-state index is 13.5. The maximum atomic E-state index is 13.5. The number of ether oxygens (including phenoxy) is 1. The molecule has 0 fully saturated rings. The Balaban J connectivity index is 1.60. The summed E-state index contributed by atoms with van der Waals surface area (Å²) in [5.74, 6) is -1.73. The van der Waals surface area contributed by atoms with E-state index >= 15 is 0 Å². The number of hydrogen-bond acceptors (Lipinski definition) is 4. The molecule has 0 aliphatic carbocycles. The number of oxazole rings is 1. The summed E-state index contributed by atoms with van der Waals surface area (Å²) in [7, 11) is 0. The average Bonchev–Trinajstić information content (AvgIpc) is 3.15. The standard InChI is InChI=1S/C26H21F2NO5/c27-20-10-6-18(7-11-20)24-25(19-8-12-21(28)13-9-19)34-26(32)29(24)14-2-4-17-3-1-5-22(15-17)33-16-23(30)31/h1,3,5-13,15H,2,4,14,16H2,(H,30,31). The lowest BCUT2D eigenvalue weighted by Gasteiger charge is -2.10. The molecule has 1 aromatic heterocycles. The van der Waals surface area contributed by atoms with Crippen LogP contribution in [0, 0.1) is 11.6 Å². The van der Waals surface area contributed by atoms with Crippen LogP contribution in [-0.4, -0.2) is 22.2 Å². The van der Waals surface area contributed by atoms with Crippen LogP contribution in [0.2, 0.25) is 0 Å². The zero-order valence-corrected chi connectivity index (χ0v) is 18.0. The van der Waals surface area contributed by atoms with Gasteiger partial charge in [-0.05, 0) is 79.1 Å². The van der Waals surface area contributed by atoms with Gasteiger partial charge in [-0.25, -0.2) is 18.4 Å². The number of nitrogens with zero attached hydrogens (tertiary/aromatic N) is 1. The van der Waals surface area contributed by atoms with Crippen LogP contribution < -0.4 is 10.5 Å². The van der Waals surface area contributed by atoms with E-state index in [9.17, 15) is 18.4 Å². The number of aryl methyl sites for hydroxylation is 1. The second kappa shape index (κ2) is 10.2. The van der Waals surface area contributed by atoms with Gasteiger partial charge in [-0.2, -0.15) is 0 Å². The van der Waals surface area contributed by atoms with Gasteiger partial charge in [-0.15, -0.1) is 0 Å². The van der Waals surface area contributed by atoms with Gasteiger partial charge in [0.2, 0.25) is 0 Å². The number of carboxylic acid groups (broad SMARTS) is 1. The second-order valence-electron chi connectivity index (χ2n) is 7.64. The molecule has 0 unspecified atom stereocenters. The maximum Gasteiger partial charge on any atom is 0.419 e. The first-order chi connectivity index (χ1) is 16.4. The largest absolute Gasteiger partial charge is 0.482 e. The molecule has 4 aromatic rings. The molecule has 3 aromatic carbocycles. The van der Waals surface area contributed by atoms with Gasteiger partial charge >= 0.3 is 11.7 Å². The minimum Gasteiger partial charge on any atom is -0.482 e. The lowest BCUT2D eigenvalue weighted by atomic mass is 10.0. The lowest BCUT2D eigenvalue weighted by molar-refractivity contribution is -0.139. The molecular formula is C26H21F2NO5. The SMILES string of the molecule is O=C(O)COc1cccc(CCCn2c(-c3ccc(F)cc3)c(-c3ccc(F)cc3)oc2=O)c1. The highest BCUT2D eigenvalue weighted by Gasteiger charge is 2.20. The number of hydrogen-bond donors (Lipinski definition) is 1. The number of benzene rings is 3. The summed E-state index contributed by atoms with van der Waals surface area (Å²) in [5, 5.41) is 8.76. The van der Waals surface area contributed by atoms with Gasteiger partial charge in [-0.3, -0.25) is 4.57 Å². The Labute approximate surface area is 193 Å². The number of carboxylic acids is 1. The Morgan fingerprint density at radius 3 is 2.24 bits per heavy atom. The number of aliphatic carboxylic acids is 1. The quantitative estimate of drug-likeness (QED) is 0.370. The van der Waals surface area contributed by atoms with E-state index in [4.69, 9.17) is 14.3 Å². The molecule has 0 aliphatic rings. The van der Waals surface area contributed by atoms with E-state index in [2.05, 4.69) is 0 Å². The van der Waals surface area contributed by atoms with Crippen LogP contribution >= 0.6 is 0 Å². The van der Waals surface area contributed by atoms with E-state index in [1.165, 1.54) is 41.0 Å². The fourth-order valence-corrected chi connectivity index (χ4v) is 3.68. The average molecular weight is 465 g/mol. The lowest BCUT2D eigenvalue weighted by Crippen LogP contribution is -2.16. The van der Waals surface area contributed by atoms with Crippen molar-refractivity contribution in [2.24, 2.45) is 0 Å². The van der Waals surface area contributed by atoms with E-state index in [0.29, 0.717) is 42.0 Å². The van der Waals surface area contributed by atoms with Crippen molar-refractivity contribution in [3.05, 3.63) is 101 Å². The van der Waals surface area contributed by atoms with E-state index in [-0.39, 0.29) is 5.76 Å². The fourth-order valence-electron chi connectivity index (χ4n) is 3.68. The molecule has 0 spiro atoms. The number of carbonyl (C=O) groups is 1. The minimum absolute atomic E-state index is 0.278. The summed E-state index contributed by atoms with van der Waals surface area (Å²) in [4.78, 5) is 23.5. The summed E-state index contributed by atoms with van der Waals surface area (Å²) in [6.45, 7) is -0.114. The van der Waals surface area contributed by atoms with Crippen LogP contribution in [0.5, 0.6) is 5.75 Å². The van der Waals surface area contributed by atoms with Gasteiger partial charge in [0, 0.05) is 17.7 Å². The summed E-state index contributed by atoms with van der Waals surface area (Å²) in [6.07, 6.45) is 1.16. The van der Waals surface area contributed by atoms with Gasteiger partial charge < -0.3 is 14.3 Å². The van der Waals surface area contributed by atoms with Crippen molar-refractivity contribution in [1.29, 1.82) is 0 Å². The Hall–Kier alpha value is -4.20. The molecule has 1 heterocycles. The normalized spacial score (nSPS) is 10.9. The fraction of sp³-hybridized carbons (Fsp3) is 0.154. The Kier molecular flexibility index (Phi) is 6.87. The zero-order valence-electron chi connectivity index (χ0n) is 18.0. The zero-order chi connectivity index (χ0) is 24.1. The third-order valence-corrected chi connectivity index (χ3v) is 5.23. The summed E-state index contributed by atoms with van der Waals surface area (Å²) in [6, 6.07) is 18.4. The summed E-state index contributed by atoms with van der Waals surface area (Å²) < 4.78 is 39.2. The molecule has 8 heteroatoms. The van der Waals surface area contributed by atoms with Crippen molar-refractivity contribution in [2.75, 3.05) is 6.61 Å². The third kappa shape index (κ3) is 5.40. The number of halogens is 2. The molecule has 0 saturated carbocycles. The monoisotopic (exact) mass is 465 g/mol. The first-order valence-electron chi connectivity index (χ1n) is 10.6. The van der Waals surface area contributed by atoms with Crippen LogP contribution in [0.1, 0.15) is 12.0 Å². The van der Waals surface area contributed by atoms with E-state index in [0.717, 1.165) is 5.56 Å². The predicted octanol–water partition coefficient (Wildman–Crippen LogP) is 5.15. The Morgan fingerprint density at radius 2 is 1.59 bits per heavy atom. The van der Waals surface area contributed by atoms with Gasteiger partial charge in [-0.1, -0.05) is 12.1 Å².